The Hall–Kier alpha value is -0.0800. The number of hydrogen-bond donors (Lipinski definition) is 1. The van der Waals surface area contributed by atoms with Crippen LogP contribution >= 0.6 is 0 Å². The zero-order chi connectivity index (χ0) is 11.9. The molecule has 1 aliphatic carbocycles. The molecule has 0 spiro atoms. The topological polar surface area (TPSA) is 21.3 Å². The van der Waals surface area contributed by atoms with Crippen molar-refractivity contribution < 1.29 is 4.74 Å². The molecule has 2 nitrogen and oxygen atoms in total. The van der Waals surface area contributed by atoms with E-state index in [1.165, 1.54) is 45.1 Å². The second kappa shape index (κ2) is 7.29. The van der Waals surface area contributed by atoms with Crippen molar-refractivity contribution in [3.8, 4) is 0 Å². The number of rotatable bonds is 10. The molecule has 0 heterocycles. The maximum Gasteiger partial charge on any atom is 0.0466 e. The first-order valence-corrected chi connectivity index (χ1v) is 7.07. The fraction of sp³-hybridized carbons (Fsp3) is 1.00. The summed E-state index contributed by atoms with van der Waals surface area (Å²) >= 11 is 0. The van der Waals surface area contributed by atoms with Crippen molar-refractivity contribution in [3.63, 3.8) is 0 Å². The van der Waals surface area contributed by atoms with Crippen molar-refractivity contribution in [1.29, 1.82) is 0 Å². The van der Waals surface area contributed by atoms with Gasteiger partial charge in [0.25, 0.3) is 0 Å². The molecule has 0 saturated heterocycles. The standard InChI is InChI=1S/C14H29NO/c1-4-14(5-2,10-7-11-16-6-3)12-15-13-8-9-13/h13,15H,4-12H2,1-3H3. The van der Waals surface area contributed by atoms with Gasteiger partial charge in [0, 0.05) is 25.8 Å². The third kappa shape index (κ3) is 4.84. The van der Waals surface area contributed by atoms with Crippen LogP contribution in [0.1, 0.15) is 59.3 Å². The van der Waals surface area contributed by atoms with Gasteiger partial charge < -0.3 is 10.1 Å². The highest BCUT2D eigenvalue weighted by Gasteiger charge is 2.29. The van der Waals surface area contributed by atoms with Gasteiger partial charge in [0.1, 0.15) is 0 Å². The van der Waals surface area contributed by atoms with Crippen molar-refractivity contribution in [2.24, 2.45) is 5.41 Å². The van der Waals surface area contributed by atoms with E-state index in [1.54, 1.807) is 0 Å². The summed E-state index contributed by atoms with van der Waals surface area (Å²) < 4.78 is 5.44. The molecule has 1 aliphatic rings. The van der Waals surface area contributed by atoms with Gasteiger partial charge >= 0.3 is 0 Å². The monoisotopic (exact) mass is 227 g/mol. The zero-order valence-corrected chi connectivity index (χ0v) is 11.3. The van der Waals surface area contributed by atoms with Gasteiger partial charge in [-0.15, -0.1) is 0 Å². The van der Waals surface area contributed by atoms with Gasteiger partial charge in [0.15, 0.2) is 0 Å². The minimum atomic E-state index is 0.514. The summed E-state index contributed by atoms with van der Waals surface area (Å²) in [7, 11) is 0. The Morgan fingerprint density at radius 2 is 1.88 bits per heavy atom. The molecular weight excluding hydrogens is 198 g/mol. The quantitative estimate of drug-likeness (QED) is 0.578. The van der Waals surface area contributed by atoms with Crippen LogP contribution < -0.4 is 5.32 Å². The predicted octanol–water partition coefficient (Wildman–Crippen LogP) is 3.36. The van der Waals surface area contributed by atoms with Gasteiger partial charge in [0.2, 0.25) is 0 Å². The smallest absolute Gasteiger partial charge is 0.0466 e. The molecule has 1 saturated carbocycles. The first-order valence-electron chi connectivity index (χ1n) is 7.07. The van der Waals surface area contributed by atoms with E-state index in [1.807, 2.05) is 0 Å². The van der Waals surface area contributed by atoms with Gasteiger partial charge in [-0.1, -0.05) is 13.8 Å². The Balaban J connectivity index is 2.24. The molecule has 1 N–H and O–H groups in total. The summed E-state index contributed by atoms with van der Waals surface area (Å²) in [6.07, 6.45) is 7.87. The van der Waals surface area contributed by atoms with Gasteiger partial charge in [-0.25, -0.2) is 0 Å². The maximum absolute atomic E-state index is 5.44. The molecule has 0 aromatic carbocycles. The van der Waals surface area contributed by atoms with Crippen molar-refractivity contribution in [1.82, 2.24) is 5.32 Å². The normalized spacial score (nSPS) is 16.7. The van der Waals surface area contributed by atoms with Gasteiger partial charge in [0.05, 0.1) is 0 Å². The van der Waals surface area contributed by atoms with Crippen LogP contribution in [0, 0.1) is 5.41 Å². The van der Waals surface area contributed by atoms with E-state index in [0.717, 1.165) is 19.3 Å². The van der Waals surface area contributed by atoms with E-state index in [4.69, 9.17) is 4.74 Å². The van der Waals surface area contributed by atoms with E-state index < -0.39 is 0 Å². The Kier molecular flexibility index (Phi) is 6.37. The zero-order valence-electron chi connectivity index (χ0n) is 11.3. The van der Waals surface area contributed by atoms with Gasteiger partial charge in [-0.2, -0.15) is 0 Å². The molecule has 16 heavy (non-hydrogen) atoms. The number of ether oxygens (including phenoxy) is 1. The van der Waals surface area contributed by atoms with Crippen LogP contribution in [-0.2, 0) is 4.74 Å². The first-order chi connectivity index (χ1) is 7.76. The van der Waals surface area contributed by atoms with Crippen molar-refractivity contribution in [2.45, 2.75) is 65.3 Å². The number of nitrogens with one attached hydrogen (secondary N) is 1. The van der Waals surface area contributed by atoms with Crippen LogP contribution in [0.15, 0.2) is 0 Å². The molecule has 0 unspecified atom stereocenters. The molecule has 1 rings (SSSR count). The lowest BCUT2D eigenvalue weighted by Crippen LogP contribution is -2.35. The molecule has 0 amide bonds. The Labute approximate surface area is 101 Å². The summed E-state index contributed by atoms with van der Waals surface area (Å²) in [5, 5.41) is 3.70. The molecule has 0 bridgehead atoms. The van der Waals surface area contributed by atoms with Crippen LogP contribution in [0.25, 0.3) is 0 Å². The molecule has 1 fully saturated rings. The fourth-order valence-corrected chi connectivity index (χ4v) is 2.28. The summed E-state index contributed by atoms with van der Waals surface area (Å²) in [5.74, 6) is 0. The van der Waals surface area contributed by atoms with E-state index in [9.17, 15) is 0 Å². The average Bonchev–Trinajstić information content (AvgIpc) is 3.13. The third-order valence-corrected chi connectivity index (χ3v) is 4.04. The van der Waals surface area contributed by atoms with E-state index in [-0.39, 0.29) is 0 Å². The van der Waals surface area contributed by atoms with Crippen molar-refractivity contribution in [2.75, 3.05) is 19.8 Å². The largest absolute Gasteiger partial charge is 0.382 e. The molecule has 0 aromatic rings. The molecule has 2 heteroatoms. The lowest BCUT2D eigenvalue weighted by molar-refractivity contribution is 0.123. The molecule has 0 aromatic heterocycles. The van der Waals surface area contributed by atoms with Crippen molar-refractivity contribution in [3.05, 3.63) is 0 Å². The lowest BCUT2D eigenvalue weighted by Gasteiger charge is -2.32. The van der Waals surface area contributed by atoms with Gasteiger partial charge in [-0.3, -0.25) is 0 Å². The van der Waals surface area contributed by atoms with Crippen LogP contribution in [0.3, 0.4) is 0 Å². The summed E-state index contributed by atoms with van der Waals surface area (Å²) in [6.45, 7) is 9.73. The van der Waals surface area contributed by atoms with E-state index >= 15 is 0 Å². The summed E-state index contributed by atoms with van der Waals surface area (Å²) in [4.78, 5) is 0. The Morgan fingerprint density at radius 1 is 1.19 bits per heavy atom. The highest BCUT2D eigenvalue weighted by atomic mass is 16.5. The van der Waals surface area contributed by atoms with E-state index in [2.05, 4.69) is 26.1 Å². The van der Waals surface area contributed by atoms with Crippen molar-refractivity contribution >= 4 is 0 Å². The SMILES string of the molecule is CCOCCCC(CC)(CC)CNC1CC1. The van der Waals surface area contributed by atoms with Crippen LogP contribution in [-0.4, -0.2) is 25.8 Å². The lowest BCUT2D eigenvalue weighted by atomic mass is 9.78. The second-order valence-corrected chi connectivity index (χ2v) is 5.16. The van der Waals surface area contributed by atoms with Gasteiger partial charge in [-0.05, 0) is 50.9 Å². The predicted molar refractivity (Wildman–Crippen MR) is 69.8 cm³/mol. The summed E-state index contributed by atoms with van der Waals surface area (Å²) in [6, 6.07) is 0.837. The highest BCUT2D eigenvalue weighted by molar-refractivity contribution is 4.86. The highest BCUT2D eigenvalue weighted by Crippen LogP contribution is 2.32. The maximum atomic E-state index is 5.44. The average molecular weight is 227 g/mol. The Morgan fingerprint density at radius 3 is 2.38 bits per heavy atom. The van der Waals surface area contributed by atoms with Crippen LogP contribution in [0.2, 0.25) is 0 Å². The summed E-state index contributed by atoms with van der Waals surface area (Å²) in [5.41, 5.74) is 0.514. The fourth-order valence-electron chi connectivity index (χ4n) is 2.28. The Bertz CT molecular complexity index is 174. The number of hydrogen-bond acceptors (Lipinski definition) is 2. The minimum Gasteiger partial charge on any atom is -0.382 e. The molecule has 0 radical (unpaired) electrons. The molecular formula is C14H29NO. The van der Waals surface area contributed by atoms with Crippen LogP contribution in [0.5, 0.6) is 0 Å². The molecule has 0 aliphatic heterocycles. The second-order valence-electron chi connectivity index (χ2n) is 5.16. The third-order valence-electron chi connectivity index (χ3n) is 4.04. The minimum absolute atomic E-state index is 0.514. The first kappa shape index (κ1) is 14.0. The molecule has 0 atom stereocenters. The molecule has 96 valence electrons. The van der Waals surface area contributed by atoms with E-state index in [0.29, 0.717) is 5.41 Å². The van der Waals surface area contributed by atoms with Crippen LogP contribution in [0.4, 0.5) is 0 Å².